The lowest BCUT2D eigenvalue weighted by molar-refractivity contribution is -0.153. The molecular formula is C32H26N2O5. The molecule has 1 amide bonds. The SMILES string of the molecule is COc1ccc(C2CC(c3ccccc3)=NN2C(=O)COC(=O)C2c3ccccc3Oc3ccccc32)cc1. The highest BCUT2D eigenvalue weighted by Gasteiger charge is 2.36. The summed E-state index contributed by atoms with van der Waals surface area (Å²) in [5, 5.41) is 6.11. The second kappa shape index (κ2) is 10.5. The van der Waals surface area contributed by atoms with Gasteiger partial charge in [0.15, 0.2) is 6.61 Å². The predicted molar refractivity (Wildman–Crippen MR) is 146 cm³/mol. The van der Waals surface area contributed by atoms with E-state index in [4.69, 9.17) is 14.2 Å². The summed E-state index contributed by atoms with van der Waals surface area (Å²) < 4.78 is 16.9. The van der Waals surface area contributed by atoms with Crippen LogP contribution >= 0.6 is 0 Å². The smallest absolute Gasteiger partial charge is 0.318 e. The lowest BCUT2D eigenvalue weighted by Crippen LogP contribution is -2.32. The fourth-order valence-electron chi connectivity index (χ4n) is 5.08. The largest absolute Gasteiger partial charge is 0.497 e. The molecule has 0 aromatic heterocycles. The number of methoxy groups -OCH3 is 1. The lowest BCUT2D eigenvalue weighted by atomic mass is 9.88. The Labute approximate surface area is 226 Å². The molecule has 2 aliphatic rings. The molecule has 39 heavy (non-hydrogen) atoms. The van der Waals surface area contributed by atoms with Gasteiger partial charge in [0, 0.05) is 17.5 Å². The van der Waals surface area contributed by atoms with E-state index in [9.17, 15) is 9.59 Å². The molecule has 0 radical (unpaired) electrons. The zero-order valence-corrected chi connectivity index (χ0v) is 21.3. The number of amides is 1. The summed E-state index contributed by atoms with van der Waals surface area (Å²) in [6.07, 6.45) is 0.538. The number of carbonyl (C=O) groups is 2. The highest BCUT2D eigenvalue weighted by molar-refractivity contribution is 6.03. The number of carbonyl (C=O) groups excluding carboxylic acids is 2. The molecule has 6 rings (SSSR count). The Morgan fingerprint density at radius 3 is 2.10 bits per heavy atom. The zero-order valence-electron chi connectivity index (χ0n) is 21.3. The van der Waals surface area contributed by atoms with Crippen molar-refractivity contribution in [2.24, 2.45) is 5.10 Å². The van der Waals surface area contributed by atoms with E-state index in [0.717, 1.165) is 22.6 Å². The molecule has 7 nitrogen and oxygen atoms in total. The molecule has 2 heterocycles. The third-order valence-electron chi connectivity index (χ3n) is 7.03. The maximum atomic E-state index is 13.5. The number of hydrazone groups is 1. The molecule has 7 heteroatoms. The van der Waals surface area contributed by atoms with Crippen molar-refractivity contribution in [3.8, 4) is 17.2 Å². The highest BCUT2D eigenvalue weighted by Crippen LogP contribution is 2.44. The molecule has 194 valence electrons. The van der Waals surface area contributed by atoms with Crippen molar-refractivity contribution in [3.05, 3.63) is 125 Å². The van der Waals surface area contributed by atoms with Crippen LogP contribution in [0.5, 0.6) is 17.2 Å². The van der Waals surface area contributed by atoms with Gasteiger partial charge in [0.1, 0.15) is 23.2 Å². The van der Waals surface area contributed by atoms with Crippen LogP contribution in [-0.4, -0.2) is 36.3 Å². The first-order chi connectivity index (χ1) is 19.1. The van der Waals surface area contributed by atoms with Crippen LogP contribution < -0.4 is 9.47 Å². The number of rotatable bonds is 6. The van der Waals surface area contributed by atoms with Crippen molar-refractivity contribution in [1.29, 1.82) is 0 Å². The summed E-state index contributed by atoms with van der Waals surface area (Å²) in [4.78, 5) is 27.0. The van der Waals surface area contributed by atoms with Gasteiger partial charge in [-0.3, -0.25) is 9.59 Å². The number of esters is 1. The molecule has 0 saturated heterocycles. The van der Waals surface area contributed by atoms with Gasteiger partial charge in [0.2, 0.25) is 0 Å². The zero-order chi connectivity index (χ0) is 26.8. The van der Waals surface area contributed by atoms with Crippen LogP contribution in [0.4, 0.5) is 0 Å². The first-order valence-corrected chi connectivity index (χ1v) is 12.7. The molecule has 0 aliphatic carbocycles. The summed E-state index contributed by atoms with van der Waals surface area (Å²) in [5.74, 6) is 0.312. The van der Waals surface area contributed by atoms with Crippen LogP contribution in [0.15, 0.2) is 108 Å². The van der Waals surface area contributed by atoms with E-state index in [0.29, 0.717) is 29.0 Å². The molecule has 4 aromatic rings. The van der Waals surface area contributed by atoms with Crippen molar-refractivity contribution in [2.45, 2.75) is 18.4 Å². The topological polar surface area (TPSA) is 77.4 Å². The van der Waals surface area contributed by atoms with E-state index >= 15 is 0 Å². The molecule has 0 bridgehead atoms. The lowest BCUT2D eigenvalue weighted by Gasteiger charge is -2.27. The Bertz CT molecular complexity index is 1500. The maximum Gasteiger partial charge on any atom is 0.318 e. The van der Waals surface area contributed by atoms with E-state index in [1.807, 2.05) is 103 Å². The molecule has 0 saturated carbocycles. The average Bonchev–Trinajstić information content (AvgIpc) is 3.45. The van der Waals surface area contributed by atoms with Gasteiger partial charge < -0.3 is 14.2 Å². The van der Waals surface area contributed by atoms with E-state index in [1.54, 1.807) is 7.11 Å². The van der Waals surface area contributed by atoms with Crippen molar-refractivity contribution in [1.82, 2.24) is 5.01 Å². The number of benzene rings is 4. The minimum absolute atomic E-state index is 0.332. The first kappa shape index (κ1) is 24.4. The molecular weight excluding hydrogens is 492 g/mol. The van der Waals surface area contributed by atoms with Gasteiger partial charge >= 0.3 is 5.97 Å². The standard InChI is InChI=1S/C32H26N2O5/c1-37-23-17-15-22(16-18-23)27-19-26(21-9-3-2-4-10-21)33-34(27)30(35)20-38-32(36)31-24-11-5-7-13-28(24)39-29-14-8-6-12-25(29)31/h2-18,27,31H,19-20H2,1H3. The highest BCUT2D eigenvalue weighted by atomic mass is 16.5. The van der Waals surface area contributed by atoms with Crippen LogP contribution in [0, 0.1) is 0 Å². The molecule has 0 fully saturated rings. The van der Waals surface area contributed by atoms with Crippen molar-refractivity contribution < 1.29 is 23.8 Å². The van der Waals surface area contributed by atoms with E-state index < -0.39 is 24.4 Å². The Morgan fingerprint density at radius 2 is 1.46 bits per heavy atom. The number of para-hydroxylation sites is 2. The average molecular weight is 519 g/mol. The van der Waals surface area contributed by atoms with Crippen molar-refractivity contribution in [2.75, 3.05) is 13.7 Å². The van der Waals surface area contributed by atoms with Crippen molar-refractivity contribution >= 4 is 17.6 Å². The summed E-state index contributed by atoms with van der Waals surface area (Å²) in [7, 11) is 1.61. The second-order valence-corrected chi connectivity index (χ2v) is 9.36. The van der Waals surface area contributed by atoms with Gasteiger partial charge in [-0.2, -0.15) is 5.10 Å². The van der Waals surface area contributed by atoms with Crippen LogP contribution in [-0.2, 0) is 14.3 Å². The third-order valence-corrected chi connectivity index (χ3v) is 7.03. The van der Waals surface area contributed by atoms with Gasteiger partial charge in [0.05, 0.1) is 18.9 Å². The third kappa shape index (κ3) is 4.75. The first-order valence-electron chi connectivity index (χ1n) is 12.7. The number of hydrogen-bond acceptors (Lipinski definition) is 6. The fraction of sp³-hybridized carbons (Fsp3) is 0.156. The molecule has 1 atom stereocenters. The van der Waals surface area contributed by atoms with Gasteiger partial charge in [-0.15, -0.1) is 0 Å². The second-order valence-electron chi connectivity index (χ2n) is 9.36. The summed E-state index contributed by atoms with van der Waals surface area (Å²) in [5.41, 5.74) is 4.06. The van der Waals surface area contributed by atoms with Gasteiger partial charge in [-0.25, -0.2) is 5.01 Å². The van der Waals surface area contributed by atoms with Crippen LogP contribution in [0.25, 0.3) is 0 Å². The molecule has 1 unspecified atom stereocenters. The molecule has 2 aliphatic heterocycles. The van der Waals surface area contributed by atoms with Crippen molar-refractivity contribution in [3.63, 3.8) is 0 Å². The Morgan fingerprint density at radius 1 is 0.846 bits per heavy atom. The predicted octanol–water partition coefficient (Wildman–Crippen LogP) is 5.85. The molecule has 0 spiro atoms. The normalized spacial score (nSPS) is 16.0. The Balaban J connectivity index is 1.25. The monoisotopic (exact) mass is 518 g/mol. The van der Waals surface area contributed by atoms with E-state index in [1.165, 1.54) is 5.01 Å². The number of ether oxygens (including phenoxy) is 3. The van der Waals surface area contributed by atoms with Crippen LogP contribution in [0.3, 0.4) is 0 Å². The Hall–Kier alpha value is -4.91. The number of fused-ring (bicyclic) bond motifs is 2. The van der Waals surface area contributed by atoms with E-state index in [-0.39, 0.29) is 6.04 Å². The minimum atomic E-state index is -0.696. The molecule has 0 N–H and O–H groups in total. The summed E-state index contributed by atoms with van der Waals surface area (Å²) in [6.45, 7) is -0.432. The minimum Gasteiger partial charge on any atom is -0.497 e. The quantitative estimate of drug-likeness (QED) is 0.299. The molecule has 4 aromatic carbocycles. The summed E-state index contributed by atoms with van der Waals surface area (Å²) >= 11 is 0. The van der Waals surface area contributed by atoms with Crippen LogP contribution in [0.2, 0.25) is 0 Å². The van der Waals surface area contributed by atoms with Gasteiger partial charge in [-0.05, 0) is 35.4 Å². The Kier molecular flexibility index (Phi) is 6.55. The number of nitrogens with zero attached hydrogens (tertiary/aromatic N) is 2. The van der Waals surface area contributed by atoms with Crippen LogP contribution in [0.1, 0.15) is 40.6 Å². The fourth-order valence-corrected chi connectivity index (χ4v) is 5.08. The summed E-state index contributed by atoms with van der Waals surface area (Å²) in [6, 6.07) is 31.7. The van der Waals surface area contributed by atoms with Gasteiger partial charge in [0.25, 0.3) is 5.91 Å². The van der Waals surface area contributed by atoms with Gasteiger partial charge in [-0.1, -0.05) is 78.9 Å². The number of hydrogen-bond donors (Lipinski definition) is 0. The van der Waals surface area contributed by atoms with E-state index in [2.05, 4.69) is 5.10 Å². The maximum absolute atomic E-state index is 13.5.